The number of nitrogens with one attached hydrogen (secondary N) is 1. The highest BCUT2D eigenvalue weighted by Crippen LogP contribution is 2.25. The summed E-state index contributed by atoms with van der Waals surface area (Å²) >= 11 is 0. The Bertz CT molecular complexity index is 924. The Balaban J connectivity index is 1.56. The number of nitrogens with zero attached hydrogens (tertiary/aromatic N) is 2. The number of rotatable bonds is 5. The van der Waals surface area contributed by atoms with E-state index in [0.717, 1.165) is 22.5 Å². The number of amides is 1. The molecule has 0 saturated carbocycles. The van der Waals surface area contributed by atoms with Crippen molar-refractivity contribution < 1.29 is 4.79 Å². The average Bonchev–Trinajstić information content (AvgIpc) is 3.20. The predicted octanol–water partition coefficient (Wildman–Crippen LogP) is 3.84. The molecule has 1 heterocycles. The van der Waals surface area contributed by atoms with Crippen LogP contribution in [0.5, 0.6) is 0 Å². The molecule has 1 atom stereocenters. The minimum atomic E-state index is -0.309. The monoisotopic (exact) mass is 355 g/mol. The molecule has 134 valence electrons. The largest absolute Gasteiger partial charge is 0.351 e. The van der Waals surface area contributed by atoms with Crippen LogP contribution < -0.4 is 10.3 Å². The molecule has 4 heteroatoms. The molecule has 0 radical (unpaired) electrons. The van der Waals surface area contributed by atoms with Gasteiger partial charge in [0.25, 0.3) is 0 Å². The molecule has 1 aliphatic rings. The maximum absolute atomic E-state index is 13.0. The Labute approximate surface area is 159 Å². The lowest BCUT2D eigenvalue weighted by Crippen LogP contribution is -2.37. The van der Waals surface area contributed by atoms with Gasteiger partial charge in [0, 0.05) is 6.54 Å². The highest BCUT2D eigenvalue weighted by Gasteiger charge is 2.33. The third kappa shape index (κ3) is 3.90. The van der Waals surface area contributed by atoms with Crippen LogP contribution in [-0.2, 0) is 11.3 Å². The summed E-state index contributed by atoms with van der Waals surface area (Å²) in [5, 5.41) is 9.75. The molecule has 4 nitrogen and oxygen atoms in total. The molecule has 1 unspecified atom stereocenters. The normalized spacial score (nSPS) is 16.1. The highest BCUT2D eigenvalue weighted by molar-refractivity contribution is 6.15. The summed E-state index contributed by atoms with van der Waals surface area (Å²) in [4.78, 5) is 13.0. The summed E-state index contributed by atoms with van der Waals surface area (Å²) in [6.45, 7) is 1.05. The van der Waals surface area contributed by atoms with Gasteiger partial charge in [0.05, 0.1) is 17.9 Å². The van der Waals surface area contributed by atoms with Crippen LogP contribution in [0.25, 0.3) is 0 Å². The smallest absolute Gasteiger partial charge is 0.231 e. The second kappa shape index (κ2) is 7.87. The Hall–Kier alpha value is -3.40. The van der Waals surface area contributed by atoms with Crippen molar-refractivity contribution >= 4 is 17.3 Å². The van der Waals surface area contributed by atoms with Gasteiger partial charge >= 0.3 is 0 Å². The van der Waals surface area contributed by atoms with Gasteiger partial charge < -0.3 is 5.32 Å². The first-order chi connectivity index (χ1) is 13.3. The van der Waals surface area contributed by atoms with Gasteiger partial charge in [-0.25, -0.2) is 0 Å². The van der Waals surface area contributed by atoms with Gasteiger partial charge in [-0.1, -0.05) is 78.9 Å². The van der Waals surface area contributed by atoms with E-state index in [-0.39, 0.29) is 11.8 Å². The number of para-hydroxylation sites is 1. The Kier molecular flexibility index (Phi) is 4.97. The molecule has 4 rings (SSSR count). The van der Waals surface area contributed by atoms with Gasteiger partial charge in [-0.15, -0.1) is 0 Å². The van der Waals surface area contributed by atoms with Crippen LogP contribution in [0.3, 0.4) is 0 Å². The zero-order valence-corrected chi connectivity index (χ0v) is 15.0. The van der Waals surface area contributed by atoms with Gasteiger partial charge in [0.15, 0.2) is 0 Å². The molecule has 3 aromatic rings. The molecule has 3 aromatic carbocycles. The Morgan fingerprint density at radius 3 is 2.15 bits per heavy atom. The first-order valence-corrected chi connectivity index (χ1v) is 9.09. The molecule has 1 amide bonds. The lowest BCUT2D eigenvalue weighted by atomic mass is 9.96. The summed E-state index contributed by atoms with van der Waals surface area (Å²) < 4.78 is 0. The SMILES string of the molecule is O=C(NCc1ccccc1)C1CN(c2ccccc2)N=C1c1ccccc1. The maximum atomic E-state index is 13.0. The van der Waals surface area contributed by atoms with E-state index in [4.69, 9.17) is 5.10 Å². The van der Waals surface area contributed by atoms with E-state index in [0.29, 0.717) is 13.1 Å². The van der Waals surface area contributed by atoms with Crippen molar-refractivity contribution in [1.82, 2.24) is 5.32 Å². The summed E-state index contributed by atoms with van der Waals surface area (Å²) in [5.41, 5.74) is 3.87. The van der Waals surface area contributed by atoms with Crippen LogP contribution in [0, 0.1) is 5.92 Å². The minimum absolute atomic E-state index is 0.000104. The molecule has 0 saturated heterocycles. The highest BCUT2D eigenvalue weighted by atomic mass is 16.2. The molecule has 1 N–H and O–H groups in total. The van der Waals surface area contributed by atoms with Gasteiger partial charge in [-0.05, 0) is 23.3 Å². The first kappa shape index (κ1) is 17.0. The standard InChI is InChI=1S/C23H21N3O/c27-23(24-16-18-10-4-1-5-11-18)21-17-26(20-14-8-3-9-15-20)25-22(21)19-12-6-2-7-13-19/h1-15,21H,16-17H2,(H,24,27). The summed E-state index contributed by atoms with van der Waals surface area (Å²) in [5.74, 6) is -0.309. The van der Waals surface area contributed by atoms with Gasteiger partial charge in [0.1, 0.15) is 5.92 Å². The molecule has 0 aromatic heterocycles. The quantitative estimate of drug-likeness (QED) is 0.756. The number of hydrazone groups is 1. The van der Waals surface area contributed by atoms with Crippen molar-refractivity contribution in [2.75, 3.05) is 11.6 Å². The second-order valence-corrected chi connectivity index (χ2v) is 6.52. The van der Waals surface area contributed by atoms with E-state index in [1.807, 2.05) is 96.0 Å². The second-order valence-electron chi connectivity index (χ2n) is 6.52. The molecular formula is C23H21N3O. The van der Waals surface area contributed by atoms with Crippen LogP contribution in [-0.4, -0.2) is 18.2 Å². The van der Waals surface area contributed by atoms with Crippen LogP contribution in [0.15, 0.2) is 96.1 Å². The summed E-state index contributed by atoms with van der Waals surface area (Å²) in [7, 11) is 0. The van der Waals surface area contributed by atoms with Crippen molar-refractivity contribution in [3.63, 3.8) is 0 Å². The van der Waals surface area contributed by atoms with Crippen LogP contribution in [0.1, 0.15) is 11.1 Å². The van der Waals surface area contributed by atoms with E-state index in [1.54, 1.807) is 0 Å². The molecule has 0 fully saturated rings. The van der Waals surface area contributed by atoms with E-state index in [2.05, 4.69) is 5.32 Å². The average molecular weight is 355 g/mol. The van der Waals surface area contributed by atoms with E-state index in [1.165, 1.54) is 0 Å². The predicted molar refractivity (Wildman–Crippen MR) is 109 cm³/mol. The number of benzene rings is 3. The molecule has 0 bridgehead atoms. The lowest BCUT2D eigenvalue weighted by Gasteiger charge is -2.16. The summed E-state index contributed by atoms with van der Waals surface area (Å²) in [6.07, 6.45) is 0. The van der Waals surface area contributed by atoms with Crippen molar-refractivity contribution in [3.05, 3.63) is 102 Å². The fraction of sp³-hybridized carbons (Fsp3) is 0.130. The van der Waals surface area contributed by atoms with Gasteiger partial charge in [0.2, 0.25) is 5.91 Å². The Morgan fingerprint density at radius 2 is 1.48 bits per heavy atom. The first-order valence-electron chi connectivity index (χ1n) is 9.09. The van der Waals surface area contributed by atoms with Crippen LogP contribution in [0.2, 0.25) is 0 Å². The zero-order valence-electron chi connectivity index (χ0n) is 15.0. The fourth-order valence-corrected chi connectivity index (χ4v) is 3.25. The van der Waals surface area contributed by atoms with E-state index < -0.39 is 0 Å². The zero-order chi connectivity index (χ0) is 18.5. The molecule has 27 heavy (non-hydrogen) atoms. The fourth-order valence-electron chi connectivity index (χ4n) is 3.25. The minimum Gasteiger partial charge on any atom is -0.351 e. The number of carbonyl (C=O) groups excluding carboxylic acids is 1. The molecule has 0 aliphatic carbocycles. The Morgan fingerprint density at radius 1 is 0.889 bits per heavy atom. The van der Waals surface area contributed by atoms with Crippen molar-refractivity contribution in [2.24, 2.45) is 11.0 Å². The van der Waals surface area contributed by atoms with E-state index in [9.17, 15) is 4.79 Å². The lowest BCUT2D eigenvalue weighted by molar-refractivity contribution is -0.122. The van der Waals surface area contributed by atoms with Crippen molar-refractivity contribution in [3.8, 4) is 0 Å². The topological polar surface area (TPSA) is 44.7 Å². The third-order valence-corrected chi connectivity index (χ3v) is 4.66. The molecular weight excluding hydrogens is 334 g/mol. The van der Waals surface area contributed by atoms with Crippen LogP contribution >= 0.6 is 0 Å². The van der Waals surface area contributed by atoms with E-state index >= 15 is 0 Å². The van der Waals surface area contributed by atoms with Crippen molar-refractivity contribution in [2.45, 2.75) is 6.54 Å². The maximum Gasteiger partial charge on any atom is 0.231 e. The van der Waals surface area contributed by atoms with Crippen molar-refractivity contribution in [1.29, 1.82) is 0 Å². The number of hydrogen-bond acceptors (Lipinski definition) is 3. The molecule has 1 aliphatic heterocycles. The van der Waals surface area contributed by atoms with Gasteiger partial charge in [-0.2, -0.15) is 5.10 Å². The number of carbonyl (C=O) groups is 1. The van der Waals surface area contributed by atoms with Gasteiger partial charge in [-0.3, -0.25) is 9.80 Å². The third-order valence-electron chi connectivity index (χ3n) is 4.66. The summed E-state index contributed by atoms with van der Waals surface area (Å²) in [6, 6.07) is 29.8. The van der Waals surface area contributed by atoms with Crippen LogP contribution in [0.4, 0.5) is 5.69 Å². The molecule has 0 spiro atoms. The number of anilines is 1. The number of hydrogen-bond donors (Lipinski definition) is 1.